The van der Waals surface area contributed by atoms with Gasteiger partial charge in [-0.1, -0.05) is 26.2 Å². The molecule has 3 nitrogen and oxygen atoms in total. The first-order valence-electron chi connectivity index (χ1n) is 6.55. The molecule has 0 bridgehead atoms. The van der Waals surface area contributed by atoms with E-state index in [0.717, 1.165) is 32.2 Å². The maximum absolute atomic E-state index is 11.8. The van der Waals surface area contributed by atoms with Gasteiger partial charge in [0, 0.05) is 6.54 Å². The SMILES string of the molecule is CCCCNCCS(=O)(=O)CC1CCCC1. The minimum Gasteiger partial charge on any atom is -0.316 e. The summed E-state index contributed by atoms with van der Waals surface area (Å²) in [4.78, 5) is 0. The van der Waals surface area contributed by atoms with Crippen LogP contribution in [-0.2, 0) is 9.84 Å². The maximum atomic E-state index is 11.8. The highest BCUT2D eigenvalue weighted by Crippen LogP contribution is 2.25. The number of nitrogens with one attached hydrogen (secondary N) is 1. The standard InChI is InChI=1S/C12H25NO2S/c1-2-3-8-13-9-10-16(14,15)11-12-6-4-5-7-12/h12-13H,2-11H2,1H3. The molecule has 96 valence electrons. The maximum Gasteiger partial charge on any atom is 0.151 e. The first-order valence-corrected chi connectivity index (χ1v) is 8.37. The molecule has 0 aromatic heterocycles. The Bertz CT molecular complexity index is 269. The fraction of sp³-hybridized carbons (Fsp3) is 1.00. The van der Waals surface area contributed by atoms with Crippen molar-refractivity contribution in [2.75, 3.05) is 24.6 Å². The molecule has 1 N–H and O–H groups in total. The summed E-state index contributed by atoms with van der Waals surface area (Å²) in [6, 6.07) is 0. The molecule has 0 amide bonds. The number of hydrogen-bond donors (Lipinski definition) is 1. The van der Waals surface area contributed by atoms with Gasteiger partial charge in [0.15, 0.2) is 9.84 Å². The molecule has 1 rings (SSSR count). The third-order valence-corrected chi connectivity index (χ3v) is 5.07. The normalized spacial score (nSPS) is 18.1. The van der Waals surface area contributed by atoms with Crippen molar-refractivity contribution in [3.63, 3.8) is 0 Å². The van der Waals surface area contributed by atoms with E-state index in [1.165, 1.54) is 12.8 Å². The predicted molar refractivity (Wildman–Crippen MR) is 68.4 cm³/mol. The predicted octanol–water partition coefficient (Wildman–Crippen LogP) is 1.98. The average molecular weight is 247 g/mol. The fourth-order valence-electron chi connectivity index (χ4n) is 2.27. The molecule has 16 heavy (non-hydrogen) atoms. The Morgan fingerprint density at radius 1 is 1.19 bits per heavy atom. The summed E-state index contributed by atoms with van der Waals surface area (Å²) in [6.07, 6.45) is 6.94. The van der Waals surface area contributed by atoms with Gasteiger partial charge < -0.3 is 5.32 Å². The van der Waals surface area contributed by atoms with E-state index >= 15 is 0 Å². The molecule has 1 aliphatic carbocycles. The van der Waals surface area contributed by atoms with Crippen molar-refractivity contribution in [1.82, 2.24) is 5.32 Å². The summed E-state index contributed by atoms with van der Waals surface area (Å²) in [5.41, 5.74) is 0. The van der Waals surface area contributed by atoms with Crippen molar-refractivity contribution in [3.8, 4) is 0 Å². The Labute approximate surface area is 99.9 Å². The number of unbranched alkanes of at least 4 members (excludes halogenated alkanes) is 1. The van der Waals surface area contributed by atoms with Gasteiger partial charge >= 0.3 is 0 Å². The quantitative estimate of drug-likeness (QED) is 0.667. The Kier molecular flexibility index (Phi) is 6.36. The van der Waals surface area contributed by atoms with Crippen molar-refractivity contribution in [1.29, 1.82) is 0 Å². The van der Waals surface area contributed by atoms with Gasteiger partial charge in [0.25, 0.3) is 0 Å². The van der Waals surface area contributed by atoms with Crippen LogP contribution in [0, 0.1) is 5.92 Å². The summed E-state index contributed by atoms with van der Waals surface area (Å²) >= 11 is 0. The van der Waals surface area contributed by atoms with Crippen molar-refractivity contribution in [2.45, 2.75) is 45.4 Å². The van der Waals surface area contributed by atoms with E-state index in [-0.39, 0.29) is 0 Å². The zero-order valence-electron chi connectivity index (χ0n) is 10.4. The highest BCUT2D eigenvalue weighted by molar-refractivity contribution is 7.91. The zero-order valence-corrected chi connectivity index (χ0v) is 11.2. The minimum absolute atomic E-state index is 0.313. The molecule has 0 aromatic carbocycles. The van der Waals surface area contributed by atoms with Crippen LogP contribution < -0.4 is 5.32 Å². The highest BCUT2D eigenvalue weighted by Gasteiger charge is 2.21. The van der Waals surface area contributed by atoms with Crippen LogP contribution in [0.25, 0.3) is 0 Å². The van der Waals surface area contributed by atoms with Gasteiger partial charge in [0.05, 0.1) is 11.5 Å². The number of sulfone groups is 1. The van der Waals surface area contributed by atoms with Crippen molar-refractivity contribution in [3.05, 3.63) is 0 Å². The van der Waals surface area contributed by atoms with Crippen molar-refractivity contribution < 1.29 is 8.42 Å². The first kappa shape index (κ1) is 14.0. The Hall–Kier alpha value is -0.0900. The smallest absolute Gasteiger partial charge is 0.151 e. The molecule has 0 aromatic rings. The van der Waals surface area contributed by atoms with Gasteiger partial charge in [-0.2, -0.15) is 0 Å². The molecule has 4 heteroatoms. The van der Waals surface area contributed by atoms with Crippen LogP contribution in [-0.4, -0.2) is 33.0 Å². The van der Waals surface area contributed by atoms with E-state index in [1.807, 2.05) is 0 Å². The minimum atomic E-state index is -2.81. The Balaban J connectivity index is 2.13. The molecule has 0 aliphatic heterocycles. The molecular weight excluding hydrogens is 222 g/mol. The molecule has 0 unspecified atom stereocenters. The van der Waals surface area contributed by atoms with Crippen LogP contribution in [0.4, 0.5) is 0 Å². The molecule has 0 atom stereocenters. The van der Waals surface area contributed by atoms with Crippen LogP contribution in [0.2, 0.25) is 0 Å². The van der Waals surface area contributed by atoms with E-state index in [9.17, 15) is 8.42 Å². The lowest BCUT2D eigenvalue weighted by atomic mass is 10.1. The second kappa shape index (κ2) is 7.28. The first-order chi connectivity index (χ1) is 7.64. The highest BCUT2D eigenvalue weighted by atomic mass is 32.2. The van der Waals surface area contributed by atoms with Crippen LogP contribution in [0.15, 0.2) is 0 Å². The van der Waals surface area contributed by atoms with E-state index in [4.69, 9.17) is 0 Å². The summed E-state index contributed by atoms with van der Waals surface area (Å²) < 4.78 is 23.6. The molecule has 0 radical (unpaired) electrons. The average Bonchev–Trinajstić information content (AvgIpc) is 2.69. The lowest BCUT2D eigenvalue weighted by Gasteiger charge is -2.10. The van der Waals surface area contributed by atoms with Gasteiger partial charge in [0.1, 0.15) is 0 Å². The van der Waals surface area contributed by atoms with Gasteiger partial charge in [-0.05, 0) is 31.7 Å². The second-order valence-electron chi connectivity index (χ2n) is 4.87. The van der Waals surface area contributed by atoms with Gasteiger partial charge in [-0.3, -0.25) is 0 Å². The summed E-state index contributed by atoms with van der Waals surface area (Å²) in [7, 11) is -2.81. The summed E-state index contributed by atoms with van der Waals surface area (Å²) in [6.45, 7) is 3.70. The Morgan fingerprint density at radius 3 is 2.50 bits per heavy atom. The van der Waals surface area contributed by atoms with E-state index in [1.54, 1.807) is 0 Å². The monoisotopic (exact) mass is 247 g/mol. The Morgan fingerprint density at radius 2 is 1.88 bits per heavy atom. The molecule has 1 aliphatic rings. The molecule has 0 spiro atoms. The van der Waals surface area contributed by atoms with Gasteiger partial charge in [-0.25, -0.2) is 8.42 Å². The molecule has 0 saturated heterocycles. The second-order valence-corrected chi connectivity index (χ2v) is 7.10. The number of rotatable bonds is 8. The van der Waals surface area contributed by atoms with Gasteiger partial charge in [0.2, 0.25) is 0 Å². The third-order valence-electron chi connectivity index (χ3n) is 3.26. The molecule has 1 fully saturated rings. The summed E-state index contributed by atoms with van der Waals surface area (Å²) in [5, 5.41) is 3.19. The topological polar surface area (TPSA) is 46.2 Å². The lowest BCUT2D eigenvalue weighted by Crippen LogP contribution is -2.26. The van der Waals surface area contributed by atoms with Crippen LogP contribution in [0.3, 0.4) is 0 Å². The third kappa shape index (κ3) is 5.85. The molecule has 1 saturated carbocycles. The van der Waals surface area contributed by atoms with E-state index < -0.39 is 9.84 Å². The van der Waals surface area contributed by atoms with Crippen molar-refractivity contribution in [2.24, 2.45) is 5.92 Å². The van der Waals surface area contributed by atoms with Crippen LogP contribution >= 0.6 is 0 Å². The fourth-order valence-corrected chi connectivity index (χ4v) is 3.95. The zero-order chi connectivity index (χ0) is 11.9. The largest absolute Gasteiger partial charge is 0.316 e. The van der Waals surface area contributed by atoms with Crippen LogP contribution in [0.1, 0.15) is 45.4 Å². The van der Waals surface area contributed by atoms with E-state index in [0.29, 0.717) is 24.0 Å². The summed E-state index contributed by atoms with van der Waals surface area (Å²) in [5.74, 6) is 1.18. The molecule has 0 heterocycles. The van der Waals surface area contributed by atoms with E-state index in [2.05, 4.69) is 12.2 Å². The molecular formula is C12H25NO2S. The van der Waals surface area contributed by atoms with Gasteiger partial charge in [-0.15, -0.1) is 0 Å². The number of hydrogen-bond acceptors (Lipinski definition) is 3. The van der Waals surface area contributed by atoms with Crippen LogP contribution in [0.5, 0.6) is 0 Å². The van der Waals surface area contributed by atoms with Crippen molar-refractivity contribution >= 4 is 9.84 Å². The lowest BCUT2D eigenvalue weighted by molar-refractivity contribution is 0.555.